The fourth-order valence-corrected chi connectivity index (χ4v) is 10.1. The van der Waals surface area contributed by atoms with Crippen LogP contribution in [0.4, 0.5) is 17.1 Å². The van der Waals surface area contributed by atoms with Crippen LogP contribution in [0, 0.1) is 0 Å². The molecule has 0 saturated carbocycles. The van der Waals surface area contributed by atoms with Crippen molar-refractivity contribution in [3.8, 4) is 27.9 Å². The highest BCUT2D eigenvalue weighted by Gasteiger charge is 2.22. The predicted octanol–water partition coefficient (Wildman–Crippen LogP) is 16.9. The van der Waals surface area contributed by atoms with Gasteiger partial charge in [0.2, 0.25) is 0 Å². The molecule has 13 rings (SSSR count). The topological polar surface area (TPSA) is 21.3 Å². The van der Waals surface area contributed by atoms with E-state index in [0.717, 1.165) is 55.3 Å². The minimum Gasteiger partial charge on any atom is -0.455 e. The summed E-state index contributed by atoms with van der Waals surface area (Å²) in [4.78, 5) is 2.43. The second-order valence-electron chi connectivity index (χ2n) is 16.4. The van der Waals surface area contributed by atoms with Gasteiger partial charge in [0.05, 0.1) is 28.1 Å². The van der Waals surface area contributed by atoms with Gasteiger partial charge in [-0.05, 0) is 93.7 Å². The van der Waals surface area contributed by atoms with Gasteiger partial charge in [-0.15, -0.1) is 0 Å². The Morgan fingerprint density at radius 1 is 0.333 bits per heavy atom. The first-order chi connectivity index (χ1) is 31.3. The third kappa shape index (κ3) is 5.53. The Morgan fingerprint density at radius 2 is 0.937 bits per heavy atom. The van der Waals surface area contributed by atoms with Gasteiger partial charge in [0.25, 0.3) is 0 Å². The van der Waals surface area contributed by atoms with Gasteiger partial charge in [0.1, 0.15) is 11.2 Å². The number of anilines is 3. The number of fused-ring (bicyclic) bond motifs is 10. The Kier molecular flexibility index (Phi) is 7.91. The van der Waals surface area contributed by atoms with Crippen LogP contribution < -0.4 is 4.90 Å². The molecule has 13 aromatic rings. The Labute approximate surface area is 363 Å². The number of benzene rings is 11. The minimum atomic E-state index is 0.900. The zero-order chi connectivity index (χ0) is 41.4. The van der Waals surface area contributed by atoms with E-state index < -0.39 is 0 Å². The maximum atomic E-state index is 6.59. The van der Waals surface area contributed by atoms with Crippen LogP contribution in [0.25, 0.3) is 104 Å². The zero-order valence-electron chi connectivity index (χ0n) is 34.2. The van der Waals surface area contributed by atoms with Crippen molar-refractivity contribution in [3.63, 3.8) is 0 Å². The van der Waals surface area contributed by atoms with Crippen molar-refractivity contribution in [1.29, 1.82) is 0 Å². The number of aromatic nitrogens is 1. The fourth-order valence-electron chi connectivity index (χ4n) is 10.1. The quantitative estimate of drug-likeness (QED) is 0.167. The fraction of sp³-hybridized carbons (Fsp3) is 0. The van der Waals surface area contributed by atoms with Crippen molar-refractivity contribution >= 4 is 93.1 Å². The molecule has 0 aliphatic carbocycles. The summed E-state index contributed by atoms with van der Waals surface area (Å²) < 4.78 is 9.02. The second kappa shape index (κ2) is 14.1. The highest BCUT2D eigenvalue weighted by Crippen LogP contribution is 2.46. The van der Waals surface area contributed by atoms with Crippen LogP contribution in [0.15, 0.2) is 235 Å². The molecule has 63 heavy (non-hydrogen) atoms. The summed E-state index contributed by atoms with van der Waals surface area (Å²) in [5, 5.41) is 11.8. The molecular weight excluding hydrogens is 765 g/mol. The average molecular weight is 803 g/mol. The van der Waals surface area contributed by atoms with Crippen molar-refractivity contribution in [2.75, 3.05) is 4.90 Å². The number of hydrogen-bond acceptors (Lipinski definition) is 2. The van der Waals surface area contributed by atoms with Gasteiger partial charge in [-0.1, -0.05) is 170 Å². The molecule has 0 bridgehead atoms. The maximum absolute atomic E-state index is 6.59. The van der Waals surface area contributed by atoms with E-state index in [2.05, 4.69) is 234 Å². The second-order valence-corrected chi connectivity index (χ2v) is 16.4. The summed E-state index contributed by atoms with van der Waals surface area (Å²) in [5.74, 6) is 0. The molecular formula is C60H38N2O. The summed E-state index contributed by atoms with van der Waals surface area (Å²) in [6.07, 6.45) is 0. The van der Waals surface area contributed by atoms with E-state index in [1.165, 1.54) is 65.7 Å². The normalized spacial score (nSPS) is 11.8. The number of nitrogens with zero attached hydrogens (tertiary/aromatic N) is 2. The number of hydrogen-bond donors (Lipinski definition) is 0. The van der Waals surface area contributed by atoms with Crippen LogP contribution in [0.2, 0.25) is 0 Å². The highest BCUT2D eigenvalue weighted by molar-refractivity contribution is 6.19. The number of rotatable bonds is 6. The lowest BCUT2D eigenvalue weighted by molar-refractivity contribution is 0.672. The van der Waals surface area contributed by atoms with Gasteiger partial charge in [0.15, 0.2) is 0 Å². The van der Waals surface area contributed by atoms with Gasteiger partial charge < -0.3 is 13.9 Å². The monoisotopic (exact) mass is 802 g/mol. The lowest BCUT2D eigenvalue weighted by Crippen LogP contribution is -2.11. The van der Waals surface area contributed by atoms with E-state index in [1.807, 2.05) is 6.07 Å². The van der Waals surface area contributed by atoms with Gasteiger partial charge in [-0.25, -0.2) is 0 Å². The van der Waals surface area contributed by atoms with Crippen molar-refractivity contribution in [3.05, 3.63) is 231 Å². The summed E-state index contributed by atoms with van der Waals surface area (Å²) in [5.41, 5.74) is 13.4. The molecule has 3 nitrogen and oxygen atoms in total. The molecule has 2 aromatic heterocycles. The van der Waals surface area contributed by atoms with Crippen LogP contribution in [0.3, 0.4) is 0 Å². The molecule has 2 heterocycles. The smallest absolute Gasteiger partial charge is 0.143 e. The molecule has 3 heteroatoms. The third-order valence-corrected chi connectivity index (χ3v) is 13.0. The zero-order valence-corrected chi connectivity index (χ0v) is 34.2. The minimum absolute atomic E-state index is 0.900. The standard InChI is InChI=1S/C60H38N2O/c1-2-14-40(15-3-1)44-35-37-57(47-20-7-6-19-46(44)47)61(55-26-13-23-51-49(55)33-34-52-50-22-9-11-27-59(50)63-60(51)52)43-31-28-39(29-32-43)42-30-36-58-53(38-42)48-21-8-10-24-56(48)62(58)54-25-12-17-41-16-4-5-18-45(41)54/h1-38H. The predicted molar refractivity (Wildman–Crippen MR) is 266 cm³/mol. The van der Waals surface area contributed by atoms with Crippen LogP contribution in [0.5, 0.6) is 0 Å². The third-order valence-electron chi connectivity index (χ3n) is 13.0. The Balaban J connectivity index is 0.987. The number of para-hydroxylation sites is 2. The average Bonchev–Trinajstić information content (AvgIpc) is 3.90. The van der Waals surface area contributed by atoms with Gasteiger partial charge in [-0.2, -0.15) is 0 Å². The molecule has 11 aromatic carbocycles. The molecule has 0 aliphatic rings. The molecule has 0 amide bonds. The summed E-state index contributed by atoms with van der Waals surface area (Å²) in [7, 11) is 0. The van der Waals surface area contributed by atoms with Crippen molar-refractivity contribution in [2.45, 2.75) is 0 Å². The Hall–Kier alpha value is -8.40. The summed E-state index contributed by atoms with van der Waals surface area (Å²) in [6, 6.07) is 83.5. The Bertz CT molecular complexity index is 3910. The van der Waals surface area contributed by atoms with Crippen LogP contribution >= 0.6 is 0 Å². The van der Waals surface area contributed by atoms with E-state index in [-0.39, 0.29) is 0 Å². The molecule has 0 atom stereocenters. The molecule has 0 unspecified atom stereocenters. The van der Waals surface area contributed by atoms with Crippen LogP contribution in [-0.2, 0) is 0 Å². The van der Waals surface area contributed by atoms with Crippen molar-refractivity contribution in [1.82, 2.24) is 4.57 Å². The maximum Gasteiger partial charge on any atom is 0.143 e. The van der Waals surface area contributed by atoms with Crippen molar-refractivity contribution < 1.29 is 4.42 Å². The van der Waals surface area contributed by atoms with E-state index in [9.17, 15) is 0 Å². The number of furan rings is 1. The van der Waals surface area contributed by atoms with Gasteiger partial charge >= 0.3 is 0 Å². The SMILES string of the molecule is c1ccc(-c2ccc(N(c3ccc(-c4ccc5c(c4)c4ccccc4n5-c4cccc5ccccc45)cc3)c3cccc4c3ccc3c5ccccc5oc43)c3ccccc23)cc1. The summed E-state index contributed by atoms with van der Waals surface area (Å²) in [6.45, 7) is 0. The first-order valence-electron chi connectivity index (χ1n) is 21.6. The van der Waals surface area contributed by atoms with Gasteiger partial charge in [0, 0.05) is 48.8 Å². The molecule has 0 radical (unpaired) electrons. The molecule has 0 saturated heterocycles. The highest BCUT2D eigenvalue weighted by atomic mass is 16.3. The van der Waals surface area contributed by atoms with Gasteiger partial charge in [-0.3, -0.25) is 0 Å². The first-order valence-corrected chi connectivity index (χ1v) is 21.6. The lowest BCUT2D eigenvalue weighted by atomic mass is 9.95. The molecule has 0 N–H and O–H groups in total. The molecule has 0 fully saturated rings. The molecule has 294 valence electrons. The van der Waals surface area contributed by atoms with E-state index in [1.54, 1.807) is 0 Å². The van der Waals surface area contributed by atoms with Crippen LogP contribution in [-0.4, -0.2) is 4.57 Å². The molecule has 0 spiro atoms. The van der Waals surface area contributed by atoms with Crippen molar-refractivity contribution in [2.24, 2.45) is 0 Å². The van der Waals surface area contributed by atoms with Crippen LogP contribution in [0.1, 0.15) is 0 Å². The summed E-state index contributed by atoms with van der Waals surface area (Å²) >= 11 is 0. The Morgan fingerprint density at radius 3 is 1.81 bits per heavy atom. The van der Waals surface area contributed by atoms with E-state index >= 15 is 0 Å². The largest absolute Gasteiger partial charge is 0.455 e. The van der Waals surface area contributed by atoms with E-state index in [4.69, 9.17) is 4.42 Å². The lowest BCUT2D eigenvalue weighted by Gasteiger charge is -2.29. The van der Waals surface area contributed by atoms with E-state index in [0.29, 0.717) is 0 Å². The first kappa shape index (κ1) is 35.4. The molecule has 0 aliphatic heterocycles.